The predicted octanol–water partition coefficient (Wildman–Crippen LogP) is 2.80. The van der Waals surface area contributed by atoms with Gasteiger partial charge in [0.15, 0.2) is 0 Å². The molecule has 0 aromatic carbocycles. The van der Waals surface area contributed by atoms with E-state index in [4.69, 9.17) is 0 Å². The van der Waals surface area contributed by atoms with Crippen molar-refractivity contribution in [1.29, 1.82) is 0 Å². The van der Waals surface area contributed by atoms with Crippen LogP contribution in [0.2, 0.25) is 0 Å². The fourth-order valence-electron chi connectivity index (χ4n) is 2.45. The summed E-state index contributed by atoms with van der Waals surface area (Å²) < 4.78 is 0. The molecule has 0 amide bonds. The Labute approximate surface area is 86.0 Å². The molecule has 2 rings (SSSR count). The number of thioether (sulfide) groups is 1. The zero-order chi connectivity index (χ0) is 9.10. The number of hydrogen-bond acceptors (Lipinski definition) is 2. The maximum absolute atomic E-state index is 3.84. The molecule has 2 heteroatoms. The molecule has 13 heavy (non-hydrogen) atoms. The summed E-state index contributed by atoms with van der Waals surface area (Å²) in [7, 11) is 0. The van der Waals surface area contributed by atoms with E-state index in [0.29, 0.717) is 0 Å². The summed E-state index contributed by atoms with van der Waals surface area (Å²) in [6.07, 6.45) is 12.3. The SMILES string of the molecule is CS[C@H]1CCCC[C@@H]1NC1CCC1. The van der Waals surface area contributed by atoms with Crippen LogP contribution in [0.15, 0.2) is 0 Å². The molecule has 0 aromatic rings. The van der Waals surface area contributed by atoms with Crippen molar-refractivity contribution in [3.63, 3.8) is 0 Å². The quantitative estimate of drug-likeness (QED) is 0.750. The van der Waals surface area contributed by atoms with Gasteiger partial charge in [0.1, 0.15) is 0 Å². The third-order valence-electron chi connectivity index (χ3n) is 3.56. The Hall–Kier alpha value is 0.310. The molecular weight excluding hydrogens is 178 g/mol. The molecule has 1 N–H and O–H groups in total. The summed E-state index contributed by atoms with van der Waals surface area (Å²) in [6.45, 7) is 0. The maximum Gasteiger partial charge on any atom is 0.0198 e. The van der Waals surface area contributed by atoms with Crippen molar-refractivity contribution < 1.29 is 0 Å². The first kappa shape index (κ1) is 9.85. The van der Waals surface area contributed by atoms with Crippen LogP contribution in [0.4, 0.5) is 0 Å². The second-order valence-electron chi connectivity index (χ2n) is 4.46. The van der Waals surface area contributed by atoms with Gasteiger partial charge in [-0.15, -0.1) is 0 Å². The van der Waals surface area contributed by atoms with Crippen molar-refractivity contribution >= 4 is 11.8 Å². The zero-order valence-corrected chi connectivity index (χ0v) is 9.41. The summed E-state index contributed by atoms with van der Waals surface area (Å²) in [5, 5.41) is 4.73. The second-order valence-corrected chi connectivity index (χ2v) is 5.54. The standard InChI is InChI=1S/C11H21NS/c1-13-11-8-3-2-7-10(11)12-9-5-4-6-9/h9-12H,2-8H2,1H3/t10-,11-/m0/s1. The second kappa shape index (κ2) is 4.70. The molecule has 76 valence electrons. The van der Waals surface area contributed by atoms with Gasteiger partial charge in [-0.2, -0.15) is 11.8 Å². The molecule has 0 aliphatic heterocycles. The molecule has 2 fully saturated rings. The van der Waals surface area contributed by atoms with Gasteiger partial charge < -0.3 is 5.32 Å². The van der Waals surface area contributed by atoms with E-state index in [2.05, 4.69) is 23.3 Å². The van der Waals surface area contributed by atoms with Gasteiger partial charge in [0.05, 0.1) is 0 Å². The molecule has 2 saturated carbocycles. The van der Waals surface area contributed by atoms with Crippen LogP contribution in [0.3, 0.4) is 0 Å². The van der Waals surface area contributed by atoms with Crippen LogP contribution in [0, 0.1) is 0 Å². The predicted molar refractivity (Wildman–Crippen MR) is 60.3 cm³/mol. The van der Waals surface area contributed by atoms with E-state index in [1.807, 2.05) is 0 Å². The van der Waals surface area contributed by atoms with Crippen LogP contribution in [-0.4, -0.2) is 23.6 Å². The average Bonchev–Trinajstić information content (AvgIpc) is 2.12. The van der Waals surface area contributed by atoms with Crippen molar-refractivity contribution in [2.75, 3.05) is 6.26 Å². The minimum Gasteiger partial charge on any atom is -0.310 e. The van der Waals surface area contributed by atoms with Crippen LogP contribution in [-0.2, 0) is 0 Å². The first-order valence-electron chi connectivity index (χ1n) is 5.69. The summed E-state index contributed by atoms with van der Waals surface area (Å²) in [5.74, 6) is 0. The van der Waals surface area contributed by atoms with Crippen LogP contribution in [0.5, 0.6) is 0 Å². The van der Waals surface area contributed by atoms with E-state index in [-0.39, 0.29) is 0 Å². The first-order chi connectivity index (χ1) is 6.40. The zero-order valence-electron chi connectivity index (χ0n) is 8.59. The average molecular weight is 199 g/mol. The van der Waals surface area contributed by atoms with Gasteiger partial charge in [-0.1, -0.05) is 19.3 Å². The lowest BCUT2D eigenvalue weighted by molar-refractivity contribution is 0.271. The Morgan fingerprint density at radius 1 is 1.00 bits per heavy atom. The van der Waals surface area contributed by atoms with Crippen LogP contribution >= 0.6 is 11.8 Å². The van der Waals surface area contributed by atoms with Crippen molar-refractivity contribution in [2.24, 2.45) is 0 Å². The van der Waals surface area contributed by atoms with Crippen molar-refractivity contribution in [1.82, 2.24) is 5.32 Å². The molecule has 0 spiro atoms. The lowest BCUT2D eigenvalue weighted by atomic mass is 9.89. The smallest absolute Gasteiger partial charge is 0.0198 e. The molecule has 0 unspecified atom stereocenters. The van der Waals surface area contributed by atoms with Crippen molar-refractivity contribution in [3.8, 4) is 0 Å². The Morgan fingerprint density at radius 3 is 2.38 bits per heavy atom. The molecule has 0 aromatic heterocycles. The summed E-state index contributed by atoms with van der Waals surface area (Å²) in [5.41, 5.74) is 0. The van der Waals surface area contributed by atoms with Gasteiger partial charge in [0.2, 0.25) is 0 Å². The molecule has 2 aliphatic rings. The monoisotopic (exact) mass is 199 g/mol. The van der Waals surface area contributed by atoms with E-state index >= 15 is 0 Å². The third kappa shape index (κ3) is 2.41. The number of rotatable bonds is 3. The fraction of sp³-hybridized carbons (Fsp3) is 1.00. The van der Waals surface area contributed by atoms with Crippen LogP contribution < -0.4 is 5.32 Å². The van der Waals surface area contributed by atoms with Gasteiger partial charge in [0.25, 0.3) is 0 Å². The highest BCUT2D eigenvalue weighted by Gasteiger charge is 2.28. The number of nitrogens with one attached hydrogen (secondary N) is 1. The molecule has 0 heterocycles. The summed E-state index contributed by atoms with van der Waals surface area (Å²) in [6, 6.07) is 1.70. The lowest BCUT2D eigenvalue weighted by Gasteiger charge is -2.37. The molecule has 1 nitrogen and oxygen atoms in total. The third-order valence-corrected chi connectivity index (χ3v) is 4.73. The lowest BCUT2D eigenvalue weighted by Crippen LogP contribution is -2.48. The fourth-order valence-corrected chi connectivity index (χ4v) is 3.39. The maximum atomic E-state index is 3.84. The Balaban J connectivity index is 1.79. The molecule has 0 radical (unpaired) electrons. The highest BCUT2D eigenvalue weighted by molar-refractivity contribution is 7.99. The Morgan fingerprint density at radius 2 is 1.77 bits per heavy atom. The minimum atomic E-state index is 0.828. The molecule has 0 saturated heterocycles. The van der Waals surface area contributed by atoms with E-state index in [1.54, 1.807) is 0 Å². The van der Waals surface area contributed by atoms with Crippen LogP contribution in [0.1, 0.15) is 44.9 Å². The van der Waals surface area contributed by atoms with Crippen molar-refractivity contribution in [3.05, 3.63) is 0 Å². The van der Waals surface area contributed by atoms with Gasteiger partial charge in [-0.25, -0.2) is 0 Å². The Bertz CT molecular complexity index is 156. The number of hydrogen-bond donors (Lipinski definition) is 1. The molecule has 0 bridgehead atoms. The highest BCUT2D eigenvalue weighted by Crippen LogP contribution is 2.29. The van der Waals surface area contributed by atoms with E-state index in [1.165, 1.54) is 44.9 Å². The van der Waals surface area contributed by atoms with Gasteiger partial charge in [0, 0.05) is 17.3 Å². The summed E-state index contributed by atoms with van der Waals surface area (Å²) >= 11 is 2.07. The first-order valence-corrected chi connectivity index (χ1v) is 6.98. The molecule has 2 aliphatic carbocycles. The van der Waals surface area contributed by atoms with Crippen molar-refractivity contribution in [2.45, 2.75) is 62.3 Å². The molecule has 2 atom stereocenters. The topological polar surface area (TPSA) is 12.0 Å². The van der Waals surface area contributed by atoms with Crippen LogP contribution in [0.25, 0.3) is 0 Å². The molecular formula is C11H21NS. The van der Waals surface area contributed by atoms with Gasteiger partial charge >= 0.3 is 0 Å². The van der Waals surface area contributed by atoms with E-state index in [9.17, 15) is 0 Å². The van der Waals surface area contributed by atoms with E-state index < -0.39 is 0 Å². The van der Waals surface area contributed by atoms with Gasteiger partial charge in [-0.05, 0) is 31.9 Å². The minimum absolute atomic E-state index is 0.828. The normalized spacial score (nSPS) is 35.8. The largest absolute Gasteiger partial charge is 0.310 e. The van der Waals surface area contributed by atoms with Gasteiger partial charge in [-0.3, -0.25) is 0 Å². The van der Waals surface area contributed by atoms with E-state index in [0.717, 1.165) is 17.3 Å². The Kier molecular flexibility index (Phi) is 3.56. The highest BCUT2D eigenvalue weighted by atomic mass is 32.2. The summed E-state index contributed by atoms with van der Waals surface area (Å²) in [4.78, 5) is 0.